The predicted molar refractivity (Wildman–Crippen MR) is 86.2 cm³/mol. The van der Waals surface area contributed by atoms with Crippen LogP contribution in [0, 0.1) is 0 Å². The van der Waals surface area contributed by atoms with Crippen molar-refractivity contribution in [2.45, 2.75) is 43.1 Å². The number of nitrogens with one attached hydrogen (secondary N) is 2. The molecule has 0 unspecified atom stereocenters. The van der Waals surface area contributed by atoms with E-state index in [-0.39, 0.29) is 23.7 Å². The molecule has 0 aromatic carbocycles. The smallest absolute Gasteiger partial charge is 0.230 e. The molecule has 0 aliphatic carbocycles. The number of anilines is 1. The maximum atomic E-state index is 11.7. The molecule has 0 spiro atoms. The molecule has 1 aromatic rings. The van der Waals surface area contributed by atoms with E-state index in [1.54, 1.807) is 0 Å². The van der Waals surface area contributed by atoms with Gasteiger partial charge in [0.2, 0.25) is 16.9 Å². The zero-order valence-electron chi connectivity index (χ0n) is 12.5. The Balaban J connectivity index is 1.66. The van der Waals surface area contributed by atoms with E-state index in [9.17, 15) is 9.59 Å². The van der Waals surface area contributed by atoms with Crippen LogP contribution in [0.1, 0.15) is 32.6 Å². The van der Waals surface area contributed by atoms with E-state index in [0.717, 1.165) is 25.9 Å². The van der Waals surface area contributed by atoms with Crippen LogP contribution in [0.3, 0.4) is 0 Å². The number of nitrogens with zero attached hydrogens (tertiary/aromatic N) is 2. The number of amides is 2. The van der Waals surface area contributed by atoms with Crippen molar-refractivity contribution in [1.82, 2.24) is 15.5 Å². The van der Waals surface area contributed by atoms with E-state index in [2.05, 4.69) is 20.8 Å². The summed E-state index contributed by atoms with van der Waals surface area (Å²) in [7, 11) is 0. The molecule has 1 aliphatic heterocycles. The van der Waals surface area contributed by atoms with Crippen molar-refractivity contribution in [3.63, 3.8) is 0 Å². The Hall–Kier alpha value is -1.19. The van der Waals surface area contributed by atoms with Gasteiger partial charge >= 0.3 is 0 Å². The lowest BCUT2D eigenvalue weighted by molar-refractivity contribution is -0.119. The summed E-state index contributed by atoms with van der Waals surface area (Å²) in [6.07, 6.45) is 3.47. The molecule has 22 heavy (non-hydrogen) atoms. The van der Waals surface area contributed by atoms with Gasteiger partial charge in [-0.05, 0) is 19.3 Å². The SMILES string of the molecule is CCCC(=O)Nc1nnc(SCC(=O)NC[C@@H]2CCCO2)s1. The van der Waals surface area contributed by atoms with E-state index in [4.69, 9.17) is 4.74 Å². The first-order chi connectivity index (χ1) is 10.7. The van der Waals surface area contributed by atoms with Crippen LogP contribution in [-0.4, -0.2) is 47.0 Å². The number of aromatic nitrogens is 2. The highest BCUT2D eigenvalue weighted by atomic mass is 32.2. The summed E-state index contributed by atoms with van der Waals surface area (Å²) in [5, 5.41) is 13.9. The summed E-state index contributed by atoms with van der Waals surface area (Å²) in [6, 6.07) is 0. The third-order valence-electron chi connectivity index (χ3n) is 3.01. The summed E-state index contributed by atoms with van der Waals surface area (Å²) >= 11 is 2.59. The molecule has 0 bridgehead atoms. The molecule has 1 fully saturated rings. The normalized spacial score (nSPS) is 17.4. The molecular weight excluding hydrogens is 324 g/mol. The van der Waals surface area contributed by atoms with Gasteiger partial charge in [0.1, 0.15) is 0 Å². The molecule has 2 heterocycles. The lowest BCUT2D eigenvalue weighted by Crippen LogP contribution is -2.32. The minimum absolute atomic E-state index is 0.0488. The maximum Gasteiger partial charge on any atom is 0.230 e. The number of hydrogen-bond donors (Lipinski definition) is 2. The molecule has 2 amide bonds. The number of ether oxygens (including phenoxy) is 1. The number of thioether (sulfide) groups is 1. The Labute approximate surface area is 137 Å². The van der Waals surface area contributed by atoms with E-state index in [1.165, 1.54) is 23.1 Å². The van der Waals surface area contributed by atoms with Crippen LogP contribution in [0.4, 0.5) is 5.13 Å². The third kappa shape index (κ3) is 5.90. The van der Waals surface area contributed by atoms with Crippen LogP contribution in [-0.2, 0) is 14.3 Å². The van der Waals surface area contributed by atoms with Crippen molar-refractivity contribution >= 4 is 40.0 Å². The summed E-state index contributed by atoms with van der Waals surface area (Å²) < 4.78 is 6.11. The Kier molecular flexibility index (Phi) is 7.07. The van der Waals surface area contributed by atoms with Gasteiger partial charge in [0.25, 0.3) is 0 Å². The first-order valence-electron chi connectivity index (χ1n) is 7.32. The van der Waals surface area contributed by atoms with Crippen molar-refractivity contribution in [2.24, 2.45) is 0 Å². The fourth-order valence-electron chi connectivity index (χ4n) is 1.94. The van der Waals surface area contributed by atoms with Crippen molar-refractivity contribution in [3.8, 4) is 0 Å². The van der Waals surface area contributed by atoms with Gasteiger partial charge < -0.3 is 15.4 Å². The largest absolute Gasteiger partial charge is 0.376 e. The minimum Gasteiger partial charge on any atom is -0.376 e. The summed E-state index contributed by atoms with van der Waals surface area (Å²) in [6.45, 7) is 3.29. The fourth-order valence-corrected chi connectivity index (χ4v) is 3.54. The van der Waals surface area contributed by atoms with Gasteiger partial charge in [-0.25, -0.2) is 0 Å². The molecule has 0 saturated carbocycles. The Morgan fingerprint density at radius 1 is 1.41 bits per heavy atom. The van der Waals surface area contributed by atoms with E-state index >= 15 is 0 Å². The topological polar surface area (TPSA) is 93.2 Å². The highest BCUT2D eigenvalue weighted by molar-refractivity contribution is 8.01. The fraction of sp³-hybridized carbons (Fsp3) is 0.692. The van der Waals surface area contributed by atoms with Crippen molar-refractivity contribution in [2.75, 3.05) is 24.2 Å². The van der Waals surface area contributed by atoms with Crippen molar-refractivity contribution in [3.05, 3.63) is 0 Å². The quantitative estimate of drug-likeness (QED) is 0.550. The van der Waals surface area contributed by atoms with Crippen LogP contribution in [0.5, 0.6) is 0 Å². The van der Waals surface area contributed by atoms with Gasteiger partial charge in [-0.2, -0.15) is 0 Å². The van der Waals surface area contributed by atoms with E-state index in [1.807, 2.05) is 6.92 Å². The van der Waals surface area contributed by atoms with Gasteiger partial charge in [-0.3, -0.25) is 9.59 Å². The second-order valence-corrected chi connectivity index (χ2v) is 7.10. The number of hydrogen-bond acceptors (Lipinski definition) is 7. The number of rotatable bonds is 8. The van der Waals surface area contributed by atoms with E-state index in [0.29, 0.717) is 22.4 Å². The lowest BCUT2D eigenvalue weighted by atomic mass is 10.2. The second kappa shape index (κ2) is 9.06. The molecule has 2 N–H and O–H groups in total. The van der Waals surface area contributed by atoms with E-state index < -0.39 is 0 Å². The Bertz CT molecular complexity index is 503. The monoisotopic (exact) mass is 344 g/mol. The number of carbonyl (C=O) groups excluding carboxylic acids is 2. The van der Waals surface area contributed by atoms with Gasteiger partial charge in [0, 0.05) is 19.6 Å². The standard InChI is InChI=1S/C13H20N4O3S2/c1-2-4-10(18)15-12-16-17-13(22-12)21-8-11(19)14-7-9-5-3-6-20-9/h9H,2-8H2,1H3,(H,14,19)(H,15,16,18)/t9-/m0/s1. The highest BCUT2D eigenvalue weighted by Crippen LogP contribution is 2.25. The van der Waals surface area contributed by atoms with Crippen LogP contribution >= 0.6 is 23.1 Å². The highest BCUT2D eigenvalue weighted by Gasteiger charge is 2.16. The van der Waals surface area contributed by atoms with Crippen molar-refractivity contribution < 1.29 is 14.3 Å². The molecule has 1 aliphatic rings. The van der Waals surface area contributed by atoms with Crippen LogP contribution in [0.2, 0.25) is 0 Å². The Morgan fingerprint density at radius 3 is 3.00 bits per heavy atom. The molecule has 0 radical (unpaired) electrons. The molecule has 1 atom stereocenters. The summed E-state index contributed by atoms with van der Waals surface area (Å²) in [5.74, 6) is 0.168. The zero-order valence-corrected chi connectivity index (χ0v) is 14.1. The second-order valence-electron chi connectivity index (χ2n) is 4.90. The predicted octanol–water partition coefficient (Wildman–Crippen LogP) is 1.66. The molecule has 2 rings (SSSR count). The zero-order chi connectivity index (χ0) is 15.8. The van der Waals surface area contributed by atoms with Gasteiger partial charge in [0.15, 0.2) is 4.34 Å². The molecular formula is C13H20N4O3S2. The molecule has 7 nitrogen and oxygen atoms in total. The van der Waals surface area contributed by atoms with Gasteiger partial charge in [-0.15, -0.1) is 10.2 Å². The average molecular weight is 344 g/mol. The van der Waals surface area contributed by atoms with Crippen LogP contribution in [0.15, 0.2) is 4.34 Å². The van der Waals surface area contributed by atoms with Crippen molar-refractivity contribution in [1.29, 1.82) is 0 Å². The van der Waals surface area contributed by atoms with Gasteiger partial charge in [-0.1, -0.05) is 30.0 Å². The summed E-state index contributed by atoms with van der Waals surface area (Å²) in [5.41, 5.74) is 0. The number of carbonyl (C=O) groups is 2. The van der Waals surface area contributed by atoms with Crippen LogP contribution < -0.4 is 10.6 Å². The van der Waals surface area contributed by atoms with Crippen LogP contribution in [0.25, 0.3) is 0 Å². The lowest BCUT2D eigenvalue weighted by Gasteiger charge is -2.09. The summed E-state index contributed by atoms with van der Waals surface area (Å²) in [4.78, 5) is 23.2. The first-order valence-corrected chi connectivity index (χ1v) is 9.12. The third-order valence-corrected chi connectivity index (χ3v) is 4.98. The molecule has 122 valence electrons. The minimum atomic E-state index is -0.0653. The Morgan fingerprint density at radius 2 is 2.27 bits per heavy atom. The maximum absolute atomic E-state index is 11.7. The first kappa shape index (κ1) is 17.2. The average Bonchev–Trinajstić information content (AvgIpc) is 3.14. The molecule has 1 aromatic heterocycles. The van der Waals surface area contributed by atoms with Gasteiger partial charge in [0.05, 0.1) is 11.9 Å². The molecule has 9 heteroatoms. The molecule has 1 saturated heterocycles.